The number of hydrogen-bond acceptors (Lipinski definition) is 8. The molecule has 2 aliphatic rings. The lowest BCUT2D eigenvalue weighted by Gasteiger charge is -2.31. The molecule has 2 heterocycles. The summed E-state index contributed by atoms with van der Waals surface area (Å²) in [7, 11) is -6.59. The summed E-state index contributed by atoms with van der Waals surface area (Å²) in [5, 5.41) is 1.29. The molecule has 3 atom stereocenters. The molecule has 55 heavy (non-hydrogen) atoms. The zero-order valence-corrected chi connectivity index (χ0v) is 33.0. The van der Waals surface area contributed by atoms with Gasteiger partial charge in [0.2, 0.25) is 13.2 Å². The standard InChI is InChI=1S/C45H45O8P2/c1-4-5-12-32-27-52-54(48,43-17-10-7-13-39(32)43)30-35(46)28-50-37-23-19-33(20-24-37)45(2,3)34-21-25-38(26-22-34)51-29-36(47)31-55(49)44-18-11-8-15-41(44)40-14-6-9-16-42(40)53-55/h4-11,13-26,32,49H,12,27-31H2,1-3H3/q+1. The van der Waals surface area contributed by atoms with E-state index in [1.807, 2.05) is 134 Å². The Morgan fingerprint density at radius 1 is 0.800 bits per heavy atom. The minimum atomic E-state index is -3.35. The van der Waals surface area contributed by atoms with Crippen LogP contribution in [-0.4, -0.2) is 48.6 Å². The zero-order valence-electron chi connectivity index (χ0n) is 31.2. The highest BCUT2D eigenvalue weighted by Crippen LogP contribution is 2.60. The quantitative estimate of drug-likeness (QED) is 0.0881. The molecule has 8 nitrogen and oxygen atoms in total. The Hall–Kier alpha value is -4.84. The number of hydrogen-bond donors (Lipinski definition) is 1. The van der Waals surface area contributed by atoms with Gasteiger partial charge in [0.15, 0.2) is 29.6 Å². The maximum atomic E-state index is 13.9. The average Bonchev–Trinajstić information content (AvgIpc) is 3.19. The lowest BCUT2D eigenvalue weighted by atomic mass is 9.78. The van der Waals surface area contributed by atoms with Crippen LogP contribution in [-0.2, 0) is 24.1 Å². The van der Waals surface area contributed by atoms with E-state index in [9.17, 15) is 19.0 Å². The van der Waals surface area contributed by atoms with Gasteiger partial charge in [0, 0.05) is 27.8 Å². The molecule has 2 aliphatic heterocycles. The highest BCUT2D eigenvalue weighted by molar-refractivity contribution is 7.74. The van der Waals surface area contributed by atoms with Crippen molar-refractivity contribution in [3.05, 3.63) is 150 Å². The summed E-state index contributed by atoms with van der Waals surface area (Å²) >= 11 is 0. The van der Waals surface area contributed by atoms with Crippen LogP contribution >= 0.6 is 15.1 Å². The molecule has 0 aromatic heterocycles. The minimum Gasteiger partial charge on any atom is -0.486 e. The molecule has 10 heteroatoms. The molecular weight excluding hydrogens is 730 g/mol. The number of rotatable bonds is 14. The fourth-order valence-electron chi connectivity index (χ4n) is 7.24. The minimum absolute atomic E-state index is 0.105. The van der Waals surface area contributed by atoms with Crippen LogP contribution in [0, 0.1) is 0 Å². The van der Waals surface area contributed by atoms with Gasteiger partial charge in [-0.1, -0.05) is 105 Å². The number of ketones is 2. The number of benzene rings is 5. The van der Waals surface area contributed by atoms with Crippen molar-refractivity contribution in [3.63, 3.8) is 0 Å². The summed E-state index contributed by atoms with van der Waals surface area (Å²) in [5.41, 5.74) is 4.45. The van der Waals surface area contributed by atoms with E-state index >= 15 is 0 Å². The second-order valence-corrected chi connectivity index (χ2v) is 19.3. The number of fused-ring (bicyclic) bond motifs is 4. The highest BCUT2D eigenvalue weighted by Gasteiger charge is 2.50. The Morgan fingerprint density at radius 3 is 2.05 bits per heavy atom. The van der Waals surface area contributed by atoms with Crippen LogP contribution in [0.25, 0.3) is 11.1 Å². The summed E-state index contributed by atoms with van der Waals surface area (Å²) < 4.78 is 37.6. The fraction of sp³-hybridized carbons (Fsp3) is 0.244. The summed E-state index contributed by atoms with van der Waals surface area (Å²) in [6.07, 6.45) is 4.50. The molecule has 282 valence electrons. The van der Waals surface area contributed by atoms with E-state index in [0.717, 1.165) is 34.2 Å². The molecule has 1 N–H and O–H groups in total. The van der Waals surface area contributed by atoms with Crippen molar-refractivity contribution < 1.29 is 37.6 Å². The number of carbonyl (C=O) groups is 2. The molecule has 0 radical (unpaired) electrons. The largest absolute Gasteiger partial charge is 0.486 e. The average molecular weight is 776 g/mol. The topological polar surface area (TPSA) is 108 Å². The van der Waals surface area contributed by atoms with Crippen LogP contribution in [0.1, 0.15) is 49.8 Å². The van der Waals surface area contributed by atoms with E-state index in [4.69, 9.17) is 18.5 Å². The summed E-state index contributed by atoms with van der Waals surface area (Å²) in [4.78, 5) is 37.8. The van der Waals surface area contributed by atoms with Crippen LogP contribution in [0.4, 0.5) is 0 Å². The lowest BCUT2D eigenvalue weighted by Crippen LogP contribution is -2.29. The maximum Gasteiger partial charge on any atom is 0.357 e. The highest BCUT2D eigenvalue weighted by atomic mass is 31.2. The van der Waals surface area contributed by atoms with Crippen molar-refractivity contribution in [2.75, 3.05) is 32.1 Å². The lowest BCUT2D eigenvalue weighted by molar-refractivity contribution is -0.119. The first-order valence-corrected chi connectivity index (χ1v) is 22.1. The number of carbonyl (C=O) groups excluding carboxylic acids is 2. The summed E-state index contributed by atoms with van der Waals surface area (Å²) in [6, 6.07) is 37.8. The molecule has 0 fully saturated rings. The Balaban J connectivity index is 0.922. The van der Waals surface area contributed by atoms with Crippen LogP contribution in [0.2, 0.25) is 0 Å². The molecule has 0 saturated carbocycles. The summed E-state index contributed by atoms with van der Waals surface area (Å²) in [6.45, 7) is 6.10. The number of ether oxygens (including phenoxy) is 2. The van der Waals surface area contributed by atoms with E-state index in [0.29, 0.717) is 34.5 Å². The summed E-state index contributed by atoms with van der Waals surface area (Å²) in [5.74, 6) is 1.22. The first-order valence-electron chi connectivity index (χ1n) is 18.4. The van der Waals surface area contributed by atoms with Gasteiger partial charge >= 0.3 is 7.72 Å². The Morgan fingerprint density at radius 2 is 1.38 bits per heavy atom. The van der Waals surface area contributed by atoms with Gasteiger partial charge in [-0.2, -0.15) is 0 Å². The second kappa shape index (κ2) is 16.1. The first-order chi connectivity index (χ1) is 26.5. The van der Waals surface area contributed by atoms with Gasteiger partial charge in [0.1, 0.15) is 18.1 Å². The molecule has 5 aromatic rings. The molecule has 7 rings (SSSR count). The third-order valence-electron chi connectivity index (χ3n) is 10.3. The predicted molar refractivity (Wildman–Crippen MR) is 219 cm³/mol. The third-order valence-corrected chi connectivity index (χ3v) is 15.2. The third kappa shape index (κ3) is 8.24. The molecule has 0 amide bonds. The van der Waals surface area contributed by atoms with E-state index in [1.165, 1.54) is 0 Å². The van der Waals surface area contributed by atoms with E-state index < -0.39 is 15.1 Å². The Kier molecular flexibility index (Phi) is 11.2. The van der Waals surface area contributed by atoms with Crippen molar-refractivity contribution in [1.82, 2.24) is 0 Å². The van der Waals surface area contributed by atoms with E-state index in [-0.39, 0.29) is 48.4 Å². The molecule has 0 aliphatic carbocycles. The van der Waals surface area contributed by atoms with Gasteiger partial charge in [-0.15, -0.1) is 0 Å². The van der Waals surface area contributed by atoms with Crippen molar-refractivity contribution >= 4 is 37.3 Å². The SMILES string of the molecule is CC=CCC1COP(=O)(CC(=O)COc2ccc(C(C)(C)c3ccc(OCC(=O)C[P+]4(O)Oc5ccccc5-c5ccccc54)cc3)cc2)c2ccccc21. The van der Waals surface area contributed by atoms with Crippen molar-refractivity contribution in [1.29, 1.82) is 0 Å². The molecule has 0 spiro atoms. The molecule has 0 saturated heterocycles. The maximum absolute atomic E-state index is 13.9. The Labute approximate surface area is 323 Å². The first kappa shape index (κ1) is 38.4. The second-order valence-electron chi connectivity index (χ2n) is 14.5. The fourth-order valence-corrected chi connectivity index (χ4v) is 11.9. The van der Waals surface area contributed by atoms with Crippen molar-refractivity contribution in [3.8, 4) is 28.4 Å². The molecule has 3 unspecified atom stereocenters. The van der Waals surface area contributed by atoms with Crippen LogP contribution in [0.3, 0.4) is 0 Å². The van der Waals surface area contributed by atoms with Crippen LogP contribution in [0.15, 0.2) is 133 Å². The molecular formula is C45H45O8P2+. The van der Waals surface area contributed by atoms with E-state index in [2.05, 4.69) is 19.9 Å². The van der Waals surface area contributed by atoms with E-state index in [1.54, 1.807) is 0 Å². The van der Waals surface area contributed by atoms with Crippen LogP contribution in [0.5, 0.6) is 17.2 Å². The molecule has 0 bridgehead atoms. The number of Topliss-reactive ketones (excluding diaryl/α,β-unsaturated/α-hetero) is 2. The monoisotopic (exact) mass is 775 g/mol. The number of allylic oxidation sites excluding steroid dienone is 2. The van der Waals surface area contributed by atoms with Gasteiger partial charge in [-0.25, -0.2) is 4.89 Å². The van der Waals surface area contributed by atoms with Crippen molar-refractivity contribution in [2.24, 2.45) is 0 Å². The van der Waals surface area contributed by atoms with Gasteiger partial charge < -0.3 is 18.5 Å². The van der Waals surface area contributed by atoms with Crippen LogP contribution < -0.4 is 24.6 Å². The van der Waals surface area contributed by atoms with Crippen molar-refractivity contribution in [2.45, 2.75) is 38.5 Å². The normalized spacial score (nSPS) is 20.1. The number of para-hydroxylation sites is 1. The Bertz CT molecular complexity index is 2260. The van der Waals surface area contributed by atoms with Gasteiger partial charge in [-0.3, -0.25) is 14.2 Å². The smallest absolute Gasteiger partial charge is 0.357 e. The van der Waals surface area contributed by atoms with Gasteiger partial charge in [0.05, 0.1) is 12.8 Å². The van der Waals surface area contributed by atoms with Gasteiger partial charge in [0.25, 0.3) is 0 Å². The molecule has 5 aromatic carbocycles. The predicted octanol–water partition coefficient (Wildman–Crippen LogP) is 8.82. The van der Waals surface area contributed by atoms with Gasteiger partial charge in [-0.05, 0) is 72.5 Å². The zero-order chi connectivity index (χ0) is 38.6.